The van der Waals surface area contributed by atoms with Crippen LogP contribution in [-0.2, 0) is 0 Å². The lowest BCUT2D eigenvalue weighted by Gasteiger charge is -2.15. The van der Waals surface area contributed by atoms with Crippen molar-refractivity contribution in [1.29, 1.82) is 0 Å². The molecule has 4 nitrogen and oxygen atoms in total. The molecule has 0 aromatic heterocycles. The number of carbonyl (C=O) groups is 1. The van der Waals surface area contributed by atoms with Crippen LogP contribution in [0.15, 0.2) is 72.8 Å². The average Bonchev–Trinajstić information content (AvgIpc) is 2.66. The second-order valence-corrected chi connectivity index (χ2v) is 6.31. The van der Waals surface area contributed by atoms with Crippen molar-refractivity contribution in [2.24, 2.45) is 0 Å². The summed E-state index contributed by atoms with van der Waals surface area (Å²) >= 11 is 5.37. The van der Waals surface area contributed by atoms with Gasteiger partial charge in [-0.15, -0.1) is 0 Å². The van der Waals surface area contributed by atoms with Crippen LogP contribution in [0, 0.1) is 12.7 Å². The summed E-state index contributed by atoms with van der Waals surface area (Å²) in [6.07, 6.45) is 0. The Morgan fingerprint density at radius 1 is 0.815 bits per heavy atom. The van der Waals surface area contributed by atoms with E-state index in [9.17, 15) is 9.18 Å². The molecule has 0 saturated carbocycles. The molecule has 0 saturated heterocycles. The third kappa shape index (κ3) is 4.89. The molecule has 0 aliphatic heterocycles. The molecule has 0 fully saturated rings. The molecule has 0 bridgehead atoms. The second-order valence-electron chi connectivity index (χ2n) is 5.90. The molecule has 1 amide bonds. The van der Waals surface area contributed by atoms with Gasteiger partial charge >= 0.3 is 0 Å². The van der Waals surface area contributed by atoms with Crippen LogP contribution in [-0.4, -0.2) is 11.0 Å². The summed E-state index contributed by atoms with van der Waals surface area (Å²) in [7, 11) is 0. The Morgan fingerprint density at radius 2 is 1.41 bits per heavy atom. The molecular weight excluding hydrogens is 361 g/mol. The van der Waals surface area contributed by atoms with Gasteiger partial charge in [0, 0.05) is 11.4 Å². The second kappa shape index (κ2) is 8.42. The standard InChI is InChI=1S/C21H18FN3OS/c1-14-6-2-4-8-18(14)24-21(27)25-19-9-5-3-7-17(19)20(26)23-16-12-10-15(22)11-13-16/h2-13H,1H3,(H,23,26)(H2,24,25,27). The van der Waals surface area contributed by atoms with Gasteiger partial charge in [-0.3, -0.25) is 4.79 Å². The van der Waals surface area contributed by atoms with Gasteiger partial charge in [0.25, 0.3) is 5.91 Å². The van der Waals surface area contributed by atoms with Gasteiger partial charge < -0.3 is 16.0 Å². The minimum atomic E-state index is -0.359. The van der Waals surface area contributed by atoms with Crippen LogP contribution < -0.4 is 16.0 Å². The number of hydrogen-bond donors (Lipinski definition) is 3. The molecule has 136 valence electrons. The lowest BCUT2D eigenvalue weighted by molar-refractivity contribution is 0.102. The largest absolute Gasteiger partial charge is 0.332 e. The quantitative estimate of drug-likeness (QED) is 0.546. The van der Waals surface area contributed by atoms with E-state index in [1.165, 1.54) is 24.3 Å². The Balaban J connectivity index is 1.73. The van der Waals surface area contributed by atoms with Gasteiger partial charge in [0.1, 0.15) is 5.82 Å². The van der Waals surface area contributed by atoms with Gasteiger partial charge in [-0.2, -0.15) is 0 Å². The minimum absolute atomic E-state index is 0.316. The molecule has 3 rings (SSSR count). The number of para-hydroxylation sites is 2. The fourth-order valence-electron chi connectivity index (χ4n) is 2.51. The molecule has 0 unspecified atom stereocenters. The van der Waals surface area contributed by atoms with Crippen LogP contribution in [0.4, 0.5) is 21.5 Å². The molecule has 3 aromatic carbocycles. The van der Waals surface area contributed by atoms with Crippen LogP contribution >= 0.6 is 12.2 Å². The number of thiocarbonyl (C=S) groups is 1. The lowest BCUT2D eigenvalue weighted by atomic mass is 10.1. The molecule has 0 heterocycles. The summed E-state index contributed by atoms with van der Waals surface area (Å²) in [4.78, 5) is 12.6. The molecule has 0 atom stereocenters. The highest BCUT2D eigenvalue weighted by Crippen LogP contribution is 2.19. The van der Waals surface area contributed by atoms with Gasteiger partial charge in [-0.1, -0.05) is 30.3 Å². The fourth-order valence-corrected chi connectivity index (χ4v) is 2.73. The van der Waals surface area contributed by atoms with E-state index in [0.717, 1.165) is 11.3 Å². The lowest BCUT2D eigenvalue weighted by Crippen LogP contribution is -2.22. The number of hydrogen-bond acceptors (Lipinski definition) is 2. The average molecular weight is 379 g/mol. The van der Waals surface area contributed by atoms with E-state index >= 15 is 0 Å². The molecule has 6 heteroatoms. The molecule has 0 spiro atoms. The minimum Gasteiger partial charge on any atom is -0.332 e. The first kappa shape index (κ1) is 18.5. The van der Waals surface area contributed by atoms with E-state index in [0.29, 0.717) is 22.1 Å². The van der Waals surface area contributed by atoms with Crippen LogP contribution in [0.1, 0.15) is 15.9 Å². The maximum Gasteiger partial charge on any atom is 0.257 e. The molecule has 0 radical (unpaired) electrons. The number of carbonyl (C=O) groups excluding carboxylic acids is 1. The van der Waals surface area contributed by atoms with E-state index < -0.39 is 0 Å². The number of rotatable bonds is 4. The zero-order chi connectivity index (χ0) is 19.2. The molecule has 3 aromatic rings. The predicted octanol–water partition coefficient (Wildman–Crippen LogP) is 5.20. The van der Waals surface area contributed by atoms with Crippen molar-refractivity contribution in [2.75, 3.05) is 16.0 Å². The normalized spacial score (nSPS) is 10.1. The van der Waals surface area contributed by atoms with E-state index in [1.807, 2.05) is 37.3 Å². The Bertz CT molecular complexity index is 973. The first-order valence-corrected chi connectivity index (χ1v) is 8.73. The number of aryl methyl sites for hydroxylation is 1. The van der Waals surface area contributed by atoms with Crippen LogP contribution in [0.3, 0.4) is 0 Å². The third-order valence-corrected chi connectivity index (χ3v) is 4.12. The van der Waals surface area contributed by atoms with Crippen LogP contribution in [0.2, 0.25) is 0 Å². The fraction of sp³-hybridized carbons (Fsp3) is 0.0476. The maximum atomic E-state index is 13.0. The third-order valence-electron chi connectivity index (χ3n) is 3.92. The molecule has 27 heavy (non-hydrogen) atoms. The van der Waals surface area contributed by atoms with Crippen LogP contribution in [0.25, 0.3) is 0 Å². The Hall–Kier alpha value is -3.25. The number of nitrogens with one attached hydrogen (secondary N) is 3. The summed E-state index contributed by atoms with van der Waals surface area (Å²) in [5.74, 6) is -0.675. The first-order chi connectivity index (χ1) is 13.0. The molecule has 0 aliphatic carbocycles. The van der Waals surface area contributed by atoms with Crippen LogP contribution in [0.5, 0.6) is 0 Å². The van der Waals surface area contributed by atoms with E-state index in [2.05, 4.69) is 16.0 Å². The summed E-state index contributed by atoms with van der Waals surface area (Å²) in [5, 5.41) is 9.32. The number of amides is 1. The Morgan fingerprint density at radius 3 is 2.11 bits per heavy atom. The molecular formula is C21H18FN3OS. The zero-order valence-electron chi connectivity index (χ0n) is 14.6. The van der Waals surface area contributed by atoms with E-state index in [4.69, 9.17) is 12.2 Å². The highest BCUT2D eigenvalue weighted by atomic mass is 32.1. The SMILES string of the molecule is Cc1ccccc1NC(=S)Nc1ccccc1C(=O)Nc1ccc(F)cc1. The van der Waals surface area contributed by atoms with Gasteiger partial charge in [-0.25, -0.2) is 4.39 Å². The summed E-state index contributed by atoms with van der Waals surface area (Å²) < 4.78 is 13.0. The van der Waals surface area contributed by atoms with Crippen molar-refractivity contribution < 1.29 is 9.18 Å². The van der Waals surface area contributed by atoms with E-state index in [-0.39, 0.29) is 11.7 Å². The zero-order valence-corrected chi connectivity index (χ0v) is 15.4. The first-order valence-electron chi connectivity index (χ1n) is 8.32. The predicted molar refractivity (Wildman–Crippen MR) is 112 cm³/mol. The number of halogens is 1. The van der Waals surface area contributed by atoms with Gasteiger partial charge in [0.05, 0.1) is 11.3 Å². The van der Waals surface area contributed by atoms with Crippen molar-refractivity contribution in [2.45, 2.75) is 6.92 Å². The van der Waals surface area contributed by atoms with Gasteiger partial charge in [0.2, 0.25) is 0 Å². The molecule has 3 N–H and O–H groups in total. The van der Waals surface area contributed by atoms with Crippen molar-refractivity contribution in [3.8, 4) is 0 Å². The van der Waals surface area contributed by atoms with Gasteiger partial charge in [0.15, 0.2) is 5.11 Å². The summed E-state index contributed by atoms with van der Waals surface area (Å²) in [6.45, 7) is 1.98. The highest BCUT2D eigenvalue weighted by molar-refractivity contribution is 7.80. The van der Waals surface area contributed by atoms with Crippen molar-refractivity contribution in [3.63, 3.8) is 0 Å². The summed E-state index contributed by atoms with van der Waals surface area (Å²) in [6, 6.07) is 20.4. The summed E-state index contributed by atoms with van der Waals surface area (Å²) in [5.41, 5.74) is 3.46. The Labute approximate surface area is 162 Å². The van der Waals surface area contributed by atoms with Crippen molar-refractivity contribution >= 4 is 40.3 Å². The topological polar surface area (TPSA) is 53.2 Å². The van der Waals surface area contributed by atoms with Crippen molar-refractivity contribution in [1.82, 2.24) is 0 Å². The number of benzene rings is 3. The highest BCUT2D eigenvalue weighted by Gasteiger charge is 2.12. The maximum absolute atomic E-state index is 13.0. The van der Waals surface area contributed by atoms with Crippen molar-refractivity contribution in [3.05, 3.63) is 89.7 Å². The van der Waals surface area contributed by atoms with Gasteiger partial charge in [-0.05, 0) is 67.2 Å². The smallest absolute Gasteiger partial charge is 0.257 e. The molecule has 0 aliphatic rings. The Kier molecular flexibility index (Phi) is 5.78. The van der Waals surface area contributed by atoms with E-state index in [1.54, 1.807) is 18.2 Å². The number of anilines is 3. The monoisotopic (exact) mass is 379 g/mol.